The van der Waals surface area contributed by atoms with Crippen molar-refractivity contribution in [2.45, 2.75) is 46.1 Å². The molecule has 1 aliphatic carbocycles. The van der Waals surface area contributed by atoms with Crippen LogP contribution in [-0.2, 0) is 19.4 Å². The fraction of sp³-hybridized carbons (Fsp3) is 0.688. The molecule has 0 amide bonds. The molecule has 3 nitrogen and oxygen atoms in total. The zero-order chi connectivity index (χ0) is 13.4. The average Bonchev–Trinajstić information content (AvgIpc) is 2.77. The van der Waals surface area contributed by atoms with Gasteiger partial charge in [0.2, 0.25) is 0 Å². The molecule has 0 saturated carbocycles. The van der Waals surface area contributed by atoms with E-state index < -0.39 is 0 Å². The van der Waals surface area contributed by atoms with Crippen LogP contribution in [0.15, 0.2) is 6.07 Å². The Labute approximate surface area is 116 Å². The van der Waals surface area contributed by atoms with Gasteiger partial charge in [-0.25, -0.2) is 4.98 Å². The third kappa shape index (κ3) is 2.36. The number of aryl methyl sites for hydroxylation is 2. The van der Waals surface area contributed by atoms with Crippen LogP contribution in [0.5, 0.6) is 0 Å². The van der Waals surface area contributed by atoms with Gasteiger partial charge in [-0.1, -0.05) is 13.8 Å². The van der Waals surface area contributed by atoms with E-state index in [0.717, 1.165) is 31.3 Å². The number of hydrogen-bond acceptors (Lipinski definition) is 3. The Hall–Kier alpha value is -1.09. The summed E-state index contributed by atoms with van der Waals surface area (Å²) in [7, 11) is 0. The monoisotopic (exact) mass is 259 g/mol. The highest BCUT2D eigenvalue weighted by Gasteiger charge is 2.29. The van der Waals surface area contributed by atoms with Crippen LogP contribution in [0.25, 0.3) is 0 Å². The molecule has 2 N–H and O–H groups in total. The molecule has 2 unspecified atom stereocenters. The number of hydrogen-bond donors (Lipinski definition) is 1. The van der Waals surface area contributed by atoms with Gasteiger partial charge in [0, 0.05) is 30.9 Å². The maximum absolute atomic E-state index is 5.95. The molecule has 2 atom stereocenters. The largest absolute Gasteiger partial charge is 0.356 e. The maximum Gasteiger partial charge on any atom is 0.133 e. The molecule has 1 aliphatic heterocycles. The molecule has 2 aliphatic rings. The fourth-order valence-electron chi connectivity index (χ4n) is 3.40. The number of aromatic nitrogens is 1. The van der Waals surface area contributed by atoms with Crippen molar-refractivity contribution in [3.63, 3.8) is 0 Å². The Kier molecular flexibility index (Phi) is 3.48. The highest BCUT2D eigenvalue weighted by atomic mass is 15.2. The zero-order valence-corrected chi connectivity index (χ0v) is 12.2. The van der Waals surface area contributed by atoms with Gasteiger partial charge in [0.1, 0.15) is 5.82 Å². The quantitative estimate of drug-likeness (QED) is 0.887. The molecule has 0 spiro atoms. The van der Waals surface area contributed by atoms with Crippen LogP contribution in [0, 0.1) is 11.8 Å². The second kappa shape index (κ2) is 5.12. The minimum atomic E-state index is 0.606. The number of fused-ring (bicyclic) bond motifs is 1. The minimum Gasteiger partial charge on any atom is -0.356 e. The first-order valence-corrected chi connectivity index (χ1v) is 7.65. The summed E-state index contributed by atoms with van der Waals surface area (Å²) in [5.74, 6) is 2.67. The molecular weight excluding hydrogens is 234 g/mol. The summed E-state index contributed by atoms with van der Waals surface area (Å²) in [4.78, 5) is 7.43. The van der Waals surface area contributed by atoms with E-state index in [1.807, 2.05) is 0 Å². The maximum atomic E-state index is 5.95. The van der Waals surface area contributed by atoms with Crippen molar-refractivity contribution in [2.75, 3.05) is 18.0 Å². The average molecular weight is 259 g/mol. The normalized spacial score (nSPS) is 26.6. The van der Waals surface area contributed by atoms with Crippen molar-refractivity contribution >= 4 is 5.82 Å². The van der Waals surface area contributed by atoms with E-state index in [2.05, 4.69) is 24.8 Å². The van der Waals surface area contributed by atoms with Gasteiger partial charge in [-0.2, -0.15) is 0 Å². The molecule has 0 bridgehead atoms. The summed E-state index contributed by atoms with van der Waals surface area (Å²) >= 11 is 0. The van der Waals surface area contributed by atoms with Crippen LogP contribution in [0.2, 0.25) is 0 Å². The van der Waals surface area contributed by atoms with Gasteiger partial charge in [-0.15, -0.1) is 0 Å². The molecular formula is C16H25N3. The van der Waals surface area contributed by atoms with Crippen LogP contribution in [-0.4, -0.2) is 18.1 Å². The number of rotatable bonds is 2. The van der Waals surface area contributed by atoms with E-state index in [-0.39, 0.29) is 0 Å². The lowest BCUT2D eigenvalue weighted by Crippen LogP contribution is -2.24. The first-order valence-electron chi connectivity index (χ1n) is 7.65. The van der Waals surface area contributed by atoms with Gasteiger partial charge in [0.25, 0.3) is 0 Å². The summed E-state index contributed by atoms with van der Waals surface area (Å²) in [6.45, 7) is 7.53. The Morgan fingerprint density at radius 3 is 2.58 bits per heavy atom. The first kappa shape index (κ1) is 12.9. The highest BCUT2D eigenvalue weighted by Crippen LogP contribution is 2.31. The first-order chi connectivity index (χ1) is 9.19. The van der Waals surface area contributed by atoms with Gasteiger partial charge in [0.05, 0.1) is 0 Å². The van der Waals surface area contributed by atoms with Crippen LogP contribution in [0.3, 0.4) is 0 Å². The van der Waals surface area contributed by atoms with E-state index in [9.17, 15) is 0 Å². The molecule has 0 aromatic carbocycles. The zero-order valence-electron chi connectivity index (χ0n) is 12.2. The van der Waals surface area contributed by atoms with E-state index in [1.165, 1.54) is 41.9 Å². The Morgan fingerprint density at radius 1 is 1.21 bits per heavy atom. The minimum absolute atomic E-state index is 0.606. The lowest BCUT2D eigenvalue weighted by Gasteiger charge is -2.24. The smallest absolute Gasteiger partial charge is 0.133 e. The van der Waals surface area contributed by atoms with E-state index in [0.29, 0.717) is 6.54 Å². The van der Waals surface area contributed by atoms with Crippen LogP contribution in [0.4, 0.5) is 5.82 Å². The number of anilines is 1. The molecule has 1 fully saturated rings. The summed E-state index contributed by atoms with van der Waals surface area (Å²) in [5.41, 5.74) is 9.96. The summed E-state index contributed by atoms with van der Waals surface area (Å²) in [5, 5.41) is 0. The molecule has 1 saturated heterocycles. The molecule has 2 heterocycles. The van der Waals surface area contributed by atoms with Gasteiger partial charge in [-0.3, -0.25) is 0 Å². The van der Waals surface area contributed by atoms with Crippen molar-refractivity contribution in [3.05, 3.63) is 22.9 Å². The molecule has 3 heteroatoms. The van der Waals surface area contributed by atoms with Gasteiger partial charge in [0.15, 0.2) is 0 Å². The third-order valence-electron chi connectivity index (χ3n) is 4.86. The molecule has 0 radical (unpaired) electrons. The van der Waals surface area contributed by atoms with Gasteiger partial charge < -0.3 is 10.6 Å². The lowest BCUT2D eigenvalue weighted by molar-refractivity contribution is 0.494. The second-order valence-corrected chi connectivity index (χ2v) is 6.35. The molecule has 1 aromatic heterocycles. The van der Waals surface area contributed by atoms with Crippen LogP contribution < -0.4 is 10.6 Å². The summed E-state index contributed by atoms with van der Waals surface area (Å²) < 4.78 is 0. The van der Waals surface area contributed by atoms with Crippen molar-refractivity contribution in [2.24, 2.45) is 17.6 Å². The van der Waals surface area contributed by atoms with E-state index >= 15 is 0 Å². The Morgan fingerprint density at radius 2 is 1.89 bits per heavy atom. The third-order valence-corrected chi connectivity index (χ3v) is 4.86. The van der Waals surface area contributed by atoms with Crippen molar-refractivity contribution in [3.8, 4) is 0 Å². The molecule has 19 heavy (non-hydrogen) atoms. The standard InChI is InChI=1S/C16H25N3/c1-11-9-19(10-12(11)2)16-14(8-17)7-13-5-3-4-6-15(13)18-16/h7,11-12H,3-6,8-10,17H2,1-2H3. The van der Waals surface area contributed by atoms with E-state index in [1.54, 1.807) is 0 Å². The Balaban J connectivity index is 1.96. The molecule has 1 aromatic rings. The summed E-state index contributed by atoms with van der Waals surface area (Å²) in [6.07, 6.45) is 4.92. The van der Waals surface area contributed by atoms with Crippen LogP contribution >= 0.6 is 0 Å². The summed E-state index contributed by atoms with van der Waals surface area (Å²) in [6, 6.07) is 2.32. The molecule has 104 valence electrons. The van der Waals surface area contributed by atoms with Crippen molar-refractivity contribution in [1.82, 2.24) is 4.98 Å². The van der Waals surface area contributed by atoms with E-state index in [4.69, 9.17) is 10.7 Å². The predicted molar refractivity (Wildman–Crippen MR) is 79.3 cm³/mol. The van der Waals surface area contributed by atoms with Crippen LogP contribution in [0.1, 0.15) is 43.5 Å². The highest BCUT2D eigenvalue weighted by molar-refractivity contribution is 5.51. The Bertz CT molecular complexity index is 459. The van der Waals surface area contributed by atoms with Crippen molar-refractivity contribution < 1.29 is 0 Å². The van der Waals surface area contributed by atoms with Crippen molar-refractivity contribution in [1.29, 1.82) is 0 Å². The lowest BCUT2D eigenvalue weighted by atomic mass is 9.94. The topological polar surface area (TPSA) is 42.2 Å². The van der Waals surface area contributed by atoms with Gasteiger partial charge >= 0.3 is 0 Å². The van der Waals surface area contributed by atoms with Gasteiger partial charge in [-0.05, 0) is 49.1 Å². The number of nitrogens with two attached hydrogens (primary N) is 1. The SMILES string of the molecule is CC1CN(c2nc3c(cc2CN)CCCC3)CC1C. The fourth-order valence-corrected chi connectivity index (χ4v) is 3.40. The number of nitrogens with zero attached hydrogens (tertiary/aromatic N) is 2. The second-order valence-electron chi connectivity index (χ2n) is 6.35. The molecule has 3 rings (SSSR count). The predicted octanol–water partition coefficient (Wildman–Crippen LogP) is 2.51. The number of pyridine rings is 1.